The molecule has 3 nitrogen and oxygen atoms in total. The Balaban J connectivity index is 1.39. The lowest BCUT2D eigenvalue weighted by Gasteiger charge is -2.10. The molecule has 1 heterocycles. The SMILES string of the molecule is CC[C@@H]1CCc2cc(OCCc3nc(-c4ccc(C(C)=O)cc4)sc3C)ccc21. The first kappa shape index (κ1) is 19.8. The van der Waals surface area contributed by atoms with E-state index in [4.69, 9.17) is 9.72 Å². The van der Waals surface area contributed by atoms with Gasteiger partial charge < -0.3 is 4.74 Å². The minimum atomic E-state index is 0.0847. The molecule has 0 N–H and O–H groups in total. The number of carbonyl (C=O) groups excluding carboxylic acids is 1. The number of aryl methyl sites for hydroxylation is 2. The standard InChI is InChI=1S/C25H27NO2S/c1-4-18-5-10-21-15-22(11-12-23(18)21)28-14-13-24-17(3)29-25(26-24)20-8-6-19(7-9-20)16(2)27/h6-9,11-12,15,18H,4-5,10,13-14H2,1-3H3/t18-/m1/s1. The fourth-order valence-electron chi connectivity index (χ4n) is 4.09. The van der Waals surface area contributed by atoms with Gasteiger partial charge in [0.05, 0.1) is 12.3 Å². The first-order valence-electron chi connectivity index (χ1n) is 10.4. The lowest BCUT2D eigenvalue weighted by molar-refractivity contribution is 0.101. The molecule has 0 saturated carbocycles. The zero-order chi connectivity index (χ0) is 20.4. The number of nitrogens with zero attached hydrogens (tertiary/aromatic N) is 1. The Labute approximate surface area is 176 Å². The summed E-state index contributed by atoms with van der Waals surface area (Å²) in [6, 6.07) is 14.3. The zero-order valence-corrected chi connectivity index (χ0v) is 18.1. The second-order valence-corrected chi connectivity index (χ2v) is 8.96. The predicted octanol–water partition coefficient (Wildman–Crippen LogP) is 6.38. The molecule has 3 aromatic rings. The summed E-state index contributed by atoms with van der Waals surface area (Å²) in [6.45, 7) is 6.60. The number of aromatic nitrogens is 1. The van der Waals surface area contributed by atoms with Crippen LogP contribution in [0.1, 0.15) is 64.7 Å². The summed E-state index contributed by atoms with van der Waals surface area (Å²) in [5.41, 5.74) is 5.84. The van der Waals surface area contributed by atoms with Crippen LogP contribution in [0.15, 0.2) is 42.5 Å². The van der Waals surface area contributed by atoms with Crippen molar-refractivity contribution in [2.45, 2.75) is 52.4 Å². The second kappa shape index (κ2) is 8.50. The van der Waals surface area contributed by atoms with E-state index in [1.807, 2.05) is 24.3 Å². The van der Waals surface area contributed by atoms with Gasteiger partial charge in [0.15, 0.2) is 5.78 Å². The average Bonchev–Trinajstić information content (AvgIpc) is 3.31. The van der Waals surface area contributed by atoms with Crippen molar-refractivity contribution in [2.24, 2.45) is 0 Å². The topological polar surface area (TPSA) is 39.2 Å². The van der Waals surface area contributed by atoms with Crippen molar-refractivity contribution < 1.29 is 9.53 Å². The highest BCUT2D eigenvalue weighted by molar-refractivity contribution is 7.15. The van der Waals surface area contributed by atoms with Gasteiger partial charge in [0, 0.05) is 22.4 Å². The summed E-state index contributed by atoms with van der Waals surface area (Å²) in [5.74, 6) is 1.77. The summed E-state index contributed by atoms with van der Waals surface area (Å²) >= 11 is 1.70. The van der Waals surface area contributed by atoms with Gasteiger partial charge in [-0.3, -0.25) is 4.79 Å². The predicted molar refractivity (Wildman–Crippen MR) is 119 cm³/mol. The van der Waals surface area contributed by atoms with E-state index < -0.39 is 0 Å². The number of hydrogen-bond donors (Lipinski definition) is 0. The molecular weight excluding hydrogens is 378 g/mol. The Morgan fingerprint density at radius 1 is 1.21 bits per heavy atom. The van der Waals surface area contributed by atoms with Gasteiger partial charge in [-0.2, -0.15) is 0 Å². The van der Waals surface area contributed by atoms with E-state index in [0.29, 0.717) is 6.61 Å². The number of hydrogen-bond acceptors (Lipinski definition) is 4. The number of Topliss-reactive ketones (excluding diaryl/α,β-unsaturated/α-hetero) is 1. The number of rotatable bonds is 7. The number of benzene rings is 2. The van der Waals surface area contributed by atoms with Crippen molar-refractivity contribution in [1.29, 1.82) is 0 Å². The Morgan fingerprint density at radius 3 is 2.72 bits per heavy atom. The van der Waals surface area contributed by atoms with Crippen LogP contribution < -0.4 is 4.74 Å². The maximum Gasteiger partial charge on any atom is 0.159 e. The fraction of sp³-hybridized carbons (Fsp3) is 0.360. The summed E-state index contributed by atoms with van der Waals surface area (Å²) in [5, 5.41) is 0.996. The molecule has 2 aromatic carbocycles. The Morgan fingerprint density at radius 2 is 2.00 bits per heavy atom. The minimum absolute atomic E-state index is 0.0847. The van der Waals surface area contributed by atoms with Crippen LogP contribution in [0, 0.1) is 6.92 Å². The Kier molecular flexibility index (Phi) is 5.81. The molecule has 0 radical (unpaired) electrons. The first-order chi connectivity index (χ1) is 14.0. The molecule has 0 saturated heterocycles. The van der Waals surface area contributed by atoms with E-state index in [2.05, 4.69) is 32.0 Å². The van der Waals surface area contributed by atoms with Crippen LogP contribution in [-0.2, 0) is 12.8 Å². The van der Waals surface area contributed by atoms with Gasteiger partial charge in [-0.05, 0) is 62.3 Å². The van der Waals surface area contributed by atoms with E-state index in [0.717, 1.165) is 39.9 Å². The van der Waals surface area contributed by atoms with Crippen molar-refractivity contribution in [1.82, 2.24) is 4.98 Å². The normalized spacial score (nSPS) is 15.3. The number of carbonyl (C=O) groups is 1. The highest BCUT2D eigenvalue weighted by Crippen LogP contribution is 2.37. The van der Waals surface area contributed by atoms with Gasteiger partial charge in [-0.1, -0.05) is 37.3 Å². The van der Waals surface area contributed by atoms with Crippen LogP contribution >= 0.6 is 11.3 Å². The molecular formula is C25H27NO2S. The molecule has 0 bridgehead atoms. The summed E-state index contributed by atoms with van der Waals surface area (Å²) in [7, 11) is 0. The third kappa shape index (κ3) is 4.27. The van der Waals surface area contributed by atoms with Crippen molar-refractivity contribution in [3.8, 4) is 16.3 Å². The smallest absolute Gasteiger partial charge is 0.159 e. The van der Waals surface area contributed by atoms with E-state index >= 15 is 0 Å². The second-order valence-electron chi connectivity index (χ2n) is 7.76. The maximum atomic E-state index is 11.5. The number of ketones is 1. The third-order valence-corrected chi connectivity index (χ3v) is 6.91. The lowest BCUT2D eigenvalue weighted by atomic mass is 9.99. The van der Waals surface area contributed by atoms with Crippen molar-refractivity contribution in [2.75, 3.05) is 6.61 Å². The first-order valence-corrected chi connectivity index (χ1v) is 11.2. The summed E-state index contributed by atoms with van der Waals surface area (Å²) in [6.07, 6.45) is 4.45. The molecule has 4 rings (SSSR count). The van der Waals surface area contributed by atoms with Gasteiger partial charge in [0.2, 0.25) is 0 Å². The Bertz CT molecular complexity index is 1020. The van der Waals surface area contributed by atoms with Crippen LogP contribution in [0.4, 0.5) is 0 Å². The van der Waals surface area contributed by atoms with Crippen LogP contribution in [0.25, 0.3) is 10.6 Å². The third-order valence-electron chi connectivity index (χ3n) is 5.85. The molecule has 4 heteroatoms. The van der Waals surface area contributed by atoms with Crippen molar-refractivity contribution in [3.05, 3.63) is 69.7 Å². The maximum absolute atomic E-state index is 11.5. The molecule has 1 aliphatic carbocycles. The van der Waals surface area contributed by atoms with Crippen LogP contribution in [0.3, 0.4) is 0 Å². The van der Waals surface area contributed by atoms with E-state index in [1.54, 1.807) is 18.3 Å². The summed E-state index contributed by atoms with van der Waals surface area (Å²) < 4.78 is 6.04. The van der Waals surface area contributed by atoms with Crippen LogP contribution in [0.2, 0.25) is 0 Å². The monoisotopic (exact) mass is 405 g/mol. The molecule has 1 aliphatic rings. The number of ether oxygens (including phenoxy) is 1. The minimum Gasteiger partial charge on any atom is -0.493 e. The summed E-state index contributed by atoms with van der Waals surface area (Å²) in [4.78, 5) is 17.5. The van der Waals surface area contributed by atoms with Crippen molar-refractivity contribution in [3.63, 3.8) is 0 Å². The molecule has 0 unspecified atom stereocenters. The van der Waals surface area contributed by atoms with Crippen LogP contribution in [0.5, 0.6) is 5.75 Å². The van der Waals surface area contributed by atoms with Crippen LogP contribution in [-0.4, -0.2) is 17.4 Å². The fourth-order valence-corrected chi connectivity index (χ4v) is 5.06. The van der Waals surface area contributed by atoms with E-state index in [9.17, 15) is 4.79 Å². The van der Waals surface area contributed by atoms with Gasteiger partial charge in [-0.15, -0.1) is 11.3 Å². The van der Waals surface area contributed by atoms with Gasteiger partial charge in [0.1, 0.15) is 10.8 Å². The average molecular weight is 406 g/mol. The zero-order valence-electron chi connectivity index (χ0n) is 17.3. The Hall–Kier alpha value is -2.46. The van der Waals surface area contributed by atoms with E-state index in [1.165, 1.54) is 35.3 Å². The lowest BCUT2D eigenvalue weighted by Crippen LogP contribution is -2.03. The molecule has 0 aliphatic heterocycles. The van der Waals surface area contributed by atoms with Gasteiger partial charge in [0.25, 0.3) is 0 Å². The van der Waals surface area contributed by atoms with Gasteiger partial charge >= 0.3 is 0 Å². The molecule has 150 valence electrons. The largest absolute Gasteiger partial charge is 0.493 e. The highest BCUT2D eigenvalue weighted by Gasteiger charge is 2.21. The number of thiazole rings is 1. The van der Waals surface area contributed by atoms with E-state index in [-0.39, 0.29) is 5.78 Å². The molecule has 0 spiro atoms. The van der Waals surface area contributed by atoms with Gasteiger partial charge in [-0.25, -0.2) is 4.98 Å². The molecule has 1 aromatic heterocycles. The molecule has 29 heavy (non-hydrogen) atoms. The number of fused-ring (bicyclic) bond motifs is 1. The highest BCUT2D eigenvalue weighted by atomic mass is 32.1. The molecule has 0 amide bonds. The molecule has 1 atom stereocenters. The molecule has 0 fully saturated rings. The van der Waals surface area contributed by atoms with Crippen molar-refractivity contribution >= 4 is 17.1 Å². The quantitative estimate of drug-likeness (QED) is 0.428.